The van der Waals surface area contributed by atoms with Crippen molar-refractivity contribution in [2.24, 2.45) is 0 Å². The van der Waals surface area contributed by atoms with E-state index < -0.39 is 0 Å². The zero-order valence-electron chi connectivity index (χ0n) is 24.6. The van der Waals surface area contributed by atoms with Gasteiger partial charge in [0.25, 0.3) is 5.82 Å². The maximum atomic E-state index is 3.63. The van der Waals surface area contributed by atoms with E-state index in [1.54, 1.807) is 0 Å². The zero-order chi connectivity index (χ0) is 25.2. The highest BCUT2D eigenvalue weighted by Crippen LogP contribution is 2.26. The Hall–Kier alpha value is -0.790. The summed E-state index contributed by atoms with van der Waals surface area (Å²) in [6.45, 7) is 8.07. The first-order chi connectivity index (χ1) is 17.3. The van der Waals surface area contributed by atoms with Crippen LogP contribution >= 0.6 is 0 Å². The van der Waals surface area contributed by atoms with Gasteiger partial charge in [-0.2, -0.15) is 0 Å². The van der Waals surface area contributed by atoms with Crippen LogP contribution in [-0.2, 0) is 6.54 Å². The van der Waals surface area contributed by atoms with E-state index in [1.165, 1.54) is 166 Å². The summed E-state index contributed by atoms with van der Waals surface area (Å²) in [5.74, 6) is 2.24. The monoisotopic (exact) mass is 490 g/mol. The summed E-state index contributed by atoms with van der Waals surface area (Å²) in [4.78, 5) is 3.63. The lowest BCUT2D eigenvalue weighted by Crippen LogP contribution is -2.37. The number of rotatable bonds is 27. The lowest BCUT2D eigenvalue weighted by Gasteiger charge is -2.14. The molecule has 0 fully saturated rings. The molecule has 0 aliphatic rings. The molecule has 0 saturated heterocycles. The third kappa shape index (κ3) is 18.2. The SMILES string of the molecule is CCCCCCCCCCCCCC[C@H](CCCCCCCCCCCC)c1[nH]cc[n+]1CCC. The summed E-state index contributed by atoms with van der Waals surface area (Å²) in [6, 6.07) is 0. The van der Waals surface area contributed by atoms with Crippen LogP contribution in [0.4, 0.5) is 0 Å². The van der Waals surface area contributed by atoms with Crippen molar-refractivity contribution in [3.8, 4) is 0 Å². The van der Waals surface area contributed by atoms with E-state index in [0.29, 0.717) is 0 Å². The fourth-order valence-corrected chi connectivity index (χ4v) is 5.69. The molecule has 0 aromatic carbocycles. The van der Waals surface area contributed by atoms with Crippen molar-refractivity contribution in [2.45, 2.75) is 194 Å². The Morgan fingerprint density at radius 1 is 0.514 bits per heavy atom. The lowest BCUT2D eigenvalue weighted by atomic mass is 9.93. The largest absolute Gasteiger partial charge is 0.257 e. The number of aryl methyl sites for hydroxylation is 1. The van der Waals surface area contributed by atoms with Crippen molar-refractivity contribution in [3.05, 3.63) is 18.2 Å². The molecule has 1 rings (SSSR count). The Balaban J connectivity index is 2.19. The maximum absolute atomic E-state index is 3.63. The molecule has 0 spiro atoms. The van der Waals surface area contributed by atoms with Gasteiger partial charge in [0.15, 0.2) is 0 Å². The number of aromatic nitrogens is 2. The number of nitrogens with zero attached hydrogens (tertiary/aromatic N) is 1. The van der Waals surface area contributed by atoms with Crippen LogP contribution in [0.15, 0.2) is 12.4 Å². The van der Waals surface area contributed by atoms with E-state index in [9.17, 15) is 0 Å². The number of H-pyrrole nitrogens is 1. The Morgan fingerprint density at radius 3 is 1.26 bits per heavy atom. The molecule has 2 nitrogen and oxygen atoms in total. The van der Waals surface area contributed by atoms with Crippen LogP contribution in [0.25, 0.3) is 0 Å². The second-order valence-corrected chi connectivity index (χ2v) is 11.4. The fraction of sp³-hybridized carbons (Fsp3) is 0.909. The third-order valence-electron chi connectivity index (χ3n) is 7.96. The Morgan fingerprint density at radius 2 is 0.886 bits per heavy atom. The molecule has 1 N–H and O–H groups in total. The number of hydrogen-bond donors (Lipinski definition) is 1. The zero-order valence-corrected chi connectivity index (χ0v) is 24.6. The second-order valence-electron chi connectivity index (χ2n) is 11.4. The highest BCUT2D eigenvalue weighted by atomic mass is 15.1. The molecule has 1 aromatic rings. The van der Waals surface area contributed by atoms with Crippen molar-refractivity contribution >= 4 is 0 Å². The van der Waals surface area contributed by atoms with Gasteiger partial charge in [-0.1, -0.05) is 162 Å². The smallest absolute Gasteiger partial charge is 0.247 e. The summed E-state index contributed by atoms with van der Waals surface area (Å²) >= 11 is 0. The van der Waals surface area contributed by atoms with Crippen LogP contribution in [-0.4, -0.2) is 4.98 Å². The standard InChI is InChI=1S/C33H64N2/c1-4-7-9-11-13-15-17-18-20-22-24-26-28-32(33-34-29-31-35(33)30-6-3)27-25-23-21-19-16-14-12-10-8-5-2/h29,31-32H,4-28,30H2,1-3H3/p+1/t32-/m0/s1. The lowest BCUT2D eigenvalue weighted by molar-refractivity contribution is -0.704. The molecule has 2 heteroatoms. The minimum absolute atomic E-state index is 0.730. The number of imidazole rings is 1. The first-order valence-electron chi connectivity index (χ1n) is 16.4. The average molecular weight is 490 g/mol. The first-order valence-corrected chi connectivity index (χ1v) is 16.4. The van der Waals surface area contributed by atoms with E-state index in [1.807, 2.05) is 0 Å². The van der Waals surface area contributed by atoms with Crippen LogP contribution in [0.1, 0.15) is 193 Å². The highest BCUT2D eigenvalue weighted by Gasteiger charge is 2.22. The van der Waals surface area contributed by atoms with E-state index >= 15 is 0 Å². The third-order valence-corrected chi connectivity index (χ3v) is 7.96. The van der Waals surface area contributed by atoms with Crippen LogP contribution < -0.4 is 4.57 Å². The van der Waals surface area contributed by atoms with Crippen LogP contribution in [0.5, 0.6) is 0 Å². The molecular formula is C33H65N2+. The van der Waals surface area contributed by atoms with Crippen molar-refractivity contribution in [2.75, 3.05) is 0 Å². The minimum Gasteiger partial charge on any atom is -0.247 e. The van der Waals surface area contributed by atoms with Crippen molar-refractivity contribution in [3.63, 3.8) is 0 Å². The molecule has 206 valence electrons. The van der Waals surface area contributed by atoms with E-state index in [4.69, 9.17) is 0 Å². The van der Waals surface area contributed by atoms with Gasteiger partial charge in [-0.25, -0.2) is 9.55 Å². The van der Waals surface area contributed by atoms with Gasteiger partial charge < -0.3 is 0 Å². The number of nitrogens with one attached hydrogen (secondary N) is 1. The minimum atomic E-state index is 0.730. The predicted molar refractivity (Wildman–Crippen MR) is 156 cm³/mol. The van der Waals surface area contributed by atoms with Crippen LogP contribution in [0.2, 0.25) is 0 Å². The second kappa shape index (κ2) is 24.9. The van der Waals surface area contributed by atoms with Crippen molar-refractivity contribution < 1.29 is 4.57 Å². The van der Waals surface area contributed by atoms with Gasteiger partial charge in [0.1, 0.15) is 12.4 Å². The first kappa shape index (κ1) is 32.2. The molecule has 0 bridgehead atoms. The molecule has 1 atom stereocenters. The van der Waals surface area contributed by atoms with Gasteiger partial charge in [0.2, 0.25) is 0 Å². The van der Waals surface area contributed by atoms with Crippen molar-refractivity contribution in [1.82, 2.24) is 4.98 Å². The average Bonchev–Trinajstić information content (AvgIpc) is 3.33. The summed E-state index contributed by atoms with van der Waals surface area (Å²) in [6.07, 6.45) is 40.1. The Kier molecular flexibility index (Phi) is 22.9. The van der Waals surface area contributed by atoms with Gasteiger partial charge in [0.05, 0.1) is 12.5 Å². The predicted octanol–water partition coefficient (Wildman–Crippen LogP) is 11.2. The molecule has 0 aliphatic carbocycles. The topological polar surface area (TPSA) is 19.7 Å². The molecule has 35 heavy (non-hydrogen) atoms. The van der Waals surface area contributed by atoms with Crippen LogP contribution in [0.3, 0.4) is 0 Å². The molecule has 0 radical (unpaired) electrons. The fourth-order valence-electron chi connectivity index (χ4n) is 5.69. The van der Waals surface area contributed by atoms with Gasteiger partial charge >= 0.3 is 0 Å². The quantitative estimate of drug-likeness (QED) is 0.0936. The molecule has 1 heterocycles. The molecule has 1 aromatic heterocycles. The van der Waals surface area contributed by atoms with Crippen LogP contribution in [0, 0.1) is 0 Å². The molecule has 0 amide bonds. The Bertz CT molecular complexity index is 535. The molecular weight excluding hydrogens is 424 g/mol. The van der Waals surface area contributed by atoms with E-state index in [0.717, 1.165) is 12.5 Å². The molecule has 0 unspecified atom stereocenters. The van der Waals surface area contributed by atoms with Gasteiger partial charge in [-0.15, -0.1) is 0 Å². The normalized spacial score (nSPS) is 12.4. The summed E-state index contributed by atoms with van der Waals surface area (Å²) in [5.41, 5.74) is 0. The summed E-state index contributed by atoms with van der Waals surface area (Å²) < 4.78 is 2.50. The number of hydrogen-bond acceptors (Lipinski definition) is 0. The maximum Gasteiger partial charge on any atom is 0.257 e. The number of unbranched alkanes of at least 4 members (excludes halogenated alkanes) is 20. The van der Waals surface area contributed by atoms with Gasteiger partial charge in [-0.3, -0.25) is 0 Å². The Labute approximate surface area is 221 Å². The van der Waals surface area contributed by atoms with Crippen molar-refractivity contribution in [1.29, 1.82) is 0 Å². The van der Waals surface area contributed by atoms with Gasteiger partial charge in [-0.05, 0) is 19.3 Å². The van der Waals surface area contributed by atoms with E-state index in [-0.39, 0.29) is 0 Å². The summed E-state index contributed by atoms with van der Waals surface area (Å²) in [5, 5.41) is 0. The van der Waals surface area contributed by atoms with E-state index in [2.05, 4.69) is 42.7 Å². The number of aromatic amines is 1. The van der Waals surface area contributed by atoms with Gasteiger partial charge in [0, 0.05) is 0 Å². The summed E-state index contributed by atoms with van der Waals surface area (Å²) in [7, 11) is 0. The highest BCUT2D eigenvalue weighted by molar-refractivity contribution is 4.90. The molecule has 0 aliphatic heterocycles. The molecule has 0 saturated carbocycles.